The smallest absolute Gasteiger partial charge is 0.153 e. The van der Waals surface area contributed by atoms with Crippen LogP contribution in [0.1, 0.15) is 6.92 Å². The molecule has 60 valence electrons. The molecule has 4 heteroatoms. The first kappa shape index (κ1) is 9.78. The average molecular weight is 162 g/mol. The van der Waals surface area contributed by atoms with Crippen molar-refractivity contribution in [1.29, 1.82) is 0 Å². The molecule has 0 spiro atoms. The first-order valence-electron chi connectivity index (χ1n) is 3.08. The fourth-order valence-corrected chi connectivity index (χ4v) is 1.01. The zero-order valence-corrected chi connectivity index (χ0v) is 7.44. The second-order valence-corrected chi connectivity index (χ2v) is 2.96. The number of aliphatic imine (C=N–C) groups is 1. The van der Waals surface area contributed by atoms with Crippen LogP contribution in [0.5, 0.6) is 0 Å². The van der Waals surface area contributed by atoms with Crippen LogP contribution in [0.15, 0.2) is 4.99 Å². The number of amidine groups is 1. The van der Waals surface area contributed by atoms with Gasteiger partial charge in [-0.1, -0.05) is 11.8 Å². The predicted octanol–water partition coefficient (Wildman–Crippen LogP) is 0.699. The Kier molecular flexibility index (Phi) is 5.43. The summed E-state index contributed by atoms with van der Waals surface area (Å²) in [5.41, 5.74) is 5.43. The maximum Gasteiger partial charge on any atom is 0.153 e. The summed E-state index contributed by atoms with van der Waals surface area (Å²) in [6.45, 7) is 2.00. The fraction of sp³-hybridized carbons (Fsp3) is 0.833. The number of nitrogens with two attached hydrogens (primary N) is 1. The van der Waals surface area contributed by atoms with Crippen molar-refractivity contribution in [2.45, 2.75) is 13.0 Å². The van der Waals surface area contributed by atoms with Crippen molar-refractivity contribution in [3.63, 3.8) is 0 Å². The van der Waals surface area contributed by atoms with Crippen LogP contribution in [-0.4, -0.2) is 31.2 Å². The lowest BCUT2D eigenvalue weighted by molar-refractivity contribution is 0.138. The molecule has 0 aliphatic carbocycles. The van der Waals surface area contributed by atoms with E-state index in [4.69, 9.17) is 10.5 Å². The molecule has 0 heterocycles. The Balaban J connectivity index is 3.35. The molecule has 0 amide bonds. The highest BCUT2D eigenvalue weighted by molar-refractivity contribution is 8.13. The van der Waals surface area contributed by atoms with Gasteiger partial charge in [-0.25, -0.2) is 0 Å². The standard InChI is InChI=1S/C6H14N2OS/c1-5(9-3)4-10-6(7)8-2/h5H,4H2,1-3H3,(H2,7,8). The van der Waals surface area contributed by atoms with Crippen molar-refractivity contribution in [2.75, 3.05) is 19.9 Å². The molecule has 1 atom stereocenters. The number of thioether (sulfide) groups is 1. The third-order valence-corrected chi connectivity index (χ3v) is 2.20. The molecule has 0 aliphatic rings. The van der Waals surface area contributed by atoms with E-state index in [2.05, 4.69) is 4.99 Å². The molecular weight excluding hydrogens is 148 g/mol. The summed E-state index contributed by atoms with van der Waals surface area (Å²) < 4.78 is 5.01. The Bertz CT molecular complexity index is 116. The van der Waals surface area contributed by atoms with Crippen LogP contribution in [0.25, 0.3) is 0 Å². The fourth-order valence-electron chi connectivity index (χ4n) is 0.335. The third-order valence-electron chi connectivity index (χ3n) is 1.09. The quantitative estimate of drug-likeness (QED) is 0.491. The topological polar surface area (TPSA) is 47.6 Å². The summed E-state index contributed by atoms with van der Waals surface area (Å²) >= 11 is 1.51. The van der Waals surface area contributed by atoms with Crippen molar-refractivity contribution in [3.05, 3.63) is 0 Å². The van der Waals surface area contributed by atoms with E-state index < -0.39 is 0 Å². The van der Waals surface area contributed by atoms with Gasteiger partial charge in [0.25, 0.3) is 0 Å². The summed E-state index contributed by atoms with van der Waals surface area (Å²) in [7, 11) is 3.37. The minimum absolute atomic E-state index is 0.241. The molecule has 2 N–H and O–H groups in total. The van der Waals surface area contributed by atoms with Crippen molar-refractivity contribution >= 4 is 16.9 Å². The van der Waals surface area contributed by atoms with Crippen LogP contribution in [0.3, 0.4) is 0 Å². The van der Waals surface area contributed by atoms with Gasteiger partial charge in [0.05, 0.1) is 6.10 Å². The van der Waals surface area contributed by atoms with Crippen LogP contribution in [-0.2, 0) is 4.74 Å². The molecule has 0 aliphatic heterocycles. The number of ether oxygens (including phenoxy) is 1. The van der Waals surface area contributed by atoms with Crippen molar-refractivity contribution < 1.29 is 4.74 Å². The van der Waals surface area contributed by atoms with E-state index in [-0.39, 0.29) is 6.10 Å². The maximum atomic E-state index is 5.43. The Morgan fingerprint density at radius 2 is 2.40 bits per heavy atom. The van der Waals surface area contributed by atoms with E-state index >= 15 is 0 Å². The molecule has 0 radical (unpaired) electrons. The number of hydrogen-bond donors (Lipinski definition) is 1. The van der Waals surface area contributed by atoms with E-state index in [0.717, 1.165) is 5.75 Å². The van der Waals surface area contributed by atoms with Gasteiger partial charge in [-0.2, -0.15) is 0 Å². The molecule has 0 aromatic heterocycles. The first-order valence-corrected chi connectivity index (χ1v) is 4.07. The Morgan fingerprint density at radius 3 is 2.80 bits per heavy atom. The van der Waals surface area contributed by atoms with Crippen molar-refractivity contribution in [2.24, 2.45) is 10.7 Å². The Morgan fingerprint density at radius 1 is 1.80 bits per heavy atom. The molecule has 10 heavy (non-hydrogen) atoms. The van der Waals surface area contributed by atoms with Crippen LogP contribution in [0, 0.1) is 0 Å². The van der Waals surface area contributed by atoms with Gasteiger partial charge >= 0.3 is 0 Å². The second kappa shape index (κ2) is 5.56. The SMILES string of the molecule is CN=C(N)SCC(C)OC. The molecule has 0 rings (SSSR count). The number of rotatable bonds is 3. The van der Waals surface area contributed by atoms with E-state index in [0.29, 0.717) is 5.17 Å². The van der Waals surface area contributed by atoms with Crippen molar-refractivity contribution in [1.82, 2.24) is 0 Å². The lowest BCUT2D eigenvalue weighted by Gasteiger charge is -2.06. The summed E-state index contributed by atoms with van der Waals surface area (Å²) in [6.07, 6.45) is 0.241. The molecule has 0 saturated heterocycles. The largest absolute Gasteiger partial charge is 0.381 e. The van der Waals surface area contributed by atoms with E-state index in [1.165, 1.54) is 11.8 Å². The zero-order chi connectivity index (χ0) is 7.98. The zero-order valence-electron chi connectivity index (χ0n) is 6.63. The maximum absolute atomic E-state index is 5.43. The van der Waals surface area contributed by atoms with Crippen LogP contribution in [0.4, 0.5) is 0 Å². The lowest BCUT2D eigenvalue weighted by atomic mass is 10.5. The molecular formula is C6H14N2OS. The highest BCUT2D eigenvalue weighted by atomic mass is 32.2. The van der Waals surface area contributed by atoms with Gasteiger partial charge in [-0.3, -0.25) is 4.99 Å². The Hall–Kier alpha value is -0.220. The van der Waals surface area contributed by atoms with Gasteiger partial charge in [0, 0.05) is 19.9 Å². The van der Waals surface area contributed by atoms with Crippen LogP contribution in [0.2, 0.25) is 0 Å². The summed E-state index contributed by atoms with van der Waals surface area (Å²) in [5, 5.41) is 0.615. The molecule has 1 unspecified atom stereocenters. The molecule has 0 aromatic carbocycles. The molecule has 3 nitrogen and oxygen atoms in total. The number of methoxy groups -OCH3 is 1. The monoisotopic (exact) mass is 162 g/mol. The predicted molar refractivity (Wildman–Crippen MR) is 46.5 cm³/mol. The van der Waals surface area contributed by atoms with E-state index in [1.807, 2.05) is 6.92 Å². The summed E-state index contributed by atoms with van der Waals surface area (Å²) in [6, 6.07) is 0. The van der Waals surface area contributed by atoms with Gasteiger partial charge in [-0.15, -0.1) is 0 Å². The lowest BCUT2D eigenvalue weighted by Crippen LogP contribution is -2.14. The van der Waals surface area contributed by atoms with Crippen LogP contribution < -0.4 is 5.73 Å². The van der Waals surface area contributed by atoms with Gasteiger partial charge < -0.3 is 10.5 Å². The second-order valence-electron chi connectivity index (χ2n) is 1.92. The van der Waals surface area contributed by atoms with Gasteiger partial charge in [-0.05, 0) is 6.92 Å². The Labute approximate surface area is 66.0 Å². The minimum atomic E-state index is 0.241. The summed E-state index contributed by atoms with van der Waals surface area (Å²) in [5.74, 6) is 0.861. The first-order chi connectivity index (χ1) is 4.70. The molecule has 0 fully saturated rings. The number of hydrogen-bond acceptors (Lipinski definition) is 3. The highest BCUT2D eigenvalue weighted by Crippen LogP contribution is 2.03. The van der Waals surface area contributed by atoms with Gasteiger partial charge in [0.1, 0.15) is 0 Å². The molecule has 0 bridgehead atoms. The highest BCUT2D eigenvalue weighted by Gasteiger charge is 1.99. The minimum Gasteiger partial charge on any atom is -0.381 e. The molecule has 0 aromatic rings. The van der Waals surface area contributed by atoms with Gasteiger partial charge in [0.15, 0.2) is 5.17 Å². The summed E-state index contributed by atoms with van der Waals surface area (Å²) in [4.78, 5) is 3.80. The number of nitrogens with zero attached hydrogens (tertiary/aromatic N) is 1. The van der Waals surface area contributed by atoms with Crippen LogP contribution >= 0.6 is 11.8 Å². The molecule has 0 saturated carbocycles. The normalized spacial score (nSPS) is 15.3. The van der Waals surface area contributed by atoms with E-state index in [1.54, 1.807) is 14.2 Å². The third kappa shape index (κ3) is 4.64. The van der Waals surface area contributed by atoms with Crippen molar-refractivity contribution in [3.8, 4) is 0 Å². The van der Waals surface area contributed by atoms with Gasteiger partial charge in [0.2, 0.25) is 0 Å². The average Bonchev–Trinajstić information content (AvgIpc) is 1.99. The van der Waals surface area contributed by atoms with E-state index in [9.17, 15) is 0 Å².